The molecule has 1 aliphatic carbocycles. The summed E-state index contributed by atoms with van der Waals surface area (Å²) in [6.07, 6.45) is 3.45. The SMILES string of the molecule is CCCC1CC1NC(=O)c1cccc(O)c1. The fraction of sp³-hybridized carbons (Fsp3) is 0.462. The lowest BCUT2D eigenvalue weighted by Gasteiger charge is -2.04. The molecule has 2 atom stereocenters. The number of benzene rings is 1. The predicted octanol–water partition coefficient (Wildman–Crippen LogP) is 2.31. The predicted molar refractivity (Wildman–Crippen MR) is 62.4 cm³/mol. The van der Waals surface area contributed by atoms with Crippen LogP contribution in [0.25, 0.3) is 0 Å². The lowest BCUT2D eigenvalue weighted by atomic mass is 10.2. The summed E-state index contributed by atoms with van der Waals surface area (Å²) in [6, 6.07) is 6.79. The Kier molecular flexibility index (Phi) is 3.13. The van der Waals surface area contributed by atoms with E-state index in [4.69, 9.17) is 0 Å². The zero-order chi connectivity index (χ0) is 11.5. The summed E-state index contributed by atoms with van der Waals surface area (Å²) in [7, 11) is 0. The number of phenols is 1. The highest BCUT2D eigenvalue weighted by Gasteiger charge is 2.37. The molecule has 3 heteroatoms. The summed E-state index contributed by atoms with van der Waals surface area (Å²) in [6.45, 7) is 2.16. The molecule has 86 valence electrons. The van der Waals surface area contributed by atoms with Gasteiger partial charge in [0.1, 0.15) is 5.75 Å². The average Bonchev–Trinajstić information content (AvgIpc) is 2.97. The maximum Gasteiger partial charge on any atom is 0.251 e. The van der Waals surface area contributed by atoms with Crippen LogP contribution in [-0.4, -0.2) is 17.1 Å². The molecule has 1 aromatic rings. The van der Waals surface area contributed by atoms with Crippen LogP contribution in [0.1, 0.15) is 36.5 Å². The van der Waals surface area contributed by atoms with Crippen molar-refractivity contribution in [1.82, 2.24) is 5.32 Å². The molecular formula is C13H17NO2. The number of aromatic hydroxyl groups is 1. The maximum absolute atomic E-state index is 11.8. The number of hydrogen-bond donors (Lipinski definition) is 2. The van der Waals surface area contributed by atoms with Gasteiger partial charge in [-0.2, -0.15) is 0 Å². The van der Waals surface area contributed by atoms with E-state index >= 15 is 0 Å². The van der Waals surface area contributed by atoms with Gasteiger partial charge in [-0.15, -0.1) is 0 Å². The first-order chi connectivity index (χ1) is 7.70. The number of carbonyl (C=O) groups is 1. The first-order valence-corrected chi connectivity index (χ1v) is 5.80. The first-order valence-electron chi connectivity index (χ1n) is 5.80. The van der Waals surface area contributed by atoms with Crippen molar-refractivity contribution in [2.24, 2.45) is 5.92 Å². The van der Waals surface area contributed by atoms with Crippen LogP contribution in [0.15, 0.2) is 24.3 Å². The Labute approximate surface area is 95.5 Å². The van der Waals surface area contributed by atoms with Gasteiger partial charge in [0, 0.05) is 11.6 Å². The van der Waals surface area contributed by atoms with Crippen LogP contribution in [0, 0.1) is 5.92 Å². The highest BCUT2D eigenvalue weighted by atomic mass is 16.3. The van der Waals surface area contributed by atoms with Gasteiger partial charge in [0.15, 0.2) is 0 Å². The summed E-state index contributed by atoms with van der Waals surface area (Å²) < 4.78 is 0. The summed E-state index contributed by atoms with van der Waals surface area (Å²) in [5.41, 5.74) is 0.530. The lowest BCUT2D eigenvalue weighted by molar-refractivity contribution is 0.0948. The Bertz CT molecular complexity index is 389. The molecule has 1 aromatic carbocycles. The Hall–Kier alpha value is -1.51. The van der Waals surface area contributed by atoms with Crippen molar-refractivity contribution in [2.75, 3.05) is 0 Å². The molecule has 0 aromatic heterocycles. The molecule has 0 saturated heterocycles. The molecule has 2 rings (SSSR count). The Morgan fingerprint density at radius 2 is 2.38 bits per heavy atom. The normalized spacial score (nSPS) is 22.8. The van der Waals surface area contributed by atoms with Crippen molar-refractivity contribution < 1.29 is 9.90 Å². The van der Waals surface area contributed by atoms with Crippen LogP contribution in [0.3, 0.4) is 0 Å². The van der Waals surface area contributed by atoms with Gasteiger partial charge in [-0.3, -0.25) is 4.79 Å². The number of hydrogen-bond acceptors (Lipinski definition) is 2. The molecule has 16 heavy (non-hydrogen) atoms. The Morgan fingerprint density at radius 1 is 1.56 bits per heavy atom. The molecule has 0 bridgehead atoms. The van der Waals surface area contributed by atoms with Gasteiger partial charge in [0.05, 0.1) is 0 Å². The second-order valence-electron chi connectivity index (χ2n) is 4.41. The quantitative estimate of drug-likeness (QED) is 0.816. The zero-order valence-electron chi connectivity index (χ0n) is 9.44. The third-order valence-corrected chi connectivity index (χ3v) is 3.01. The topological polar surface area (TPSA) is 49.3 Å². The summed E-state index contributed by atoms with van der Waals surface area (Å²) in [5.74, 6) is 0.708. The highest BCUT2D eigenvalue weighted by Crippen LogP contribution is 2.34. The van der Waals surface area contributed by atoms with E-state index < -0.39 is 0 Å². The van der Waals surface area contributed by atoms with Gasteiger partial charge in [0.2, 0.25) is 0 Å². The molecule has 2 unspecified atom stereocenters. The smallest absolute Gasteiger partial charge is 0.251 e. The monoisotopic (exact) mass is 219 g/mol. The number of phenolic OH excluding ortho intramolecular Hbond substituents is 1. The Morgan fingerprint density at radius 3 is 3.06 bits per heavy atom. The molecule has 1 aliphatic rings. The van der Waals surface area contributed by atoms with Crippen LogP contribution in [0.5, 0.6) is 5.75 Å². The van der Waals surface area contributed by atoms with Crippen LogP contribution >= 0.6 is 0 Å². The van der Waals surface area contributed by atoms with Crippen molar-refractivity contribution in [2.45, 2.75) is 32.2 Å². The minimum atomic E-state index is -0.0838. The largest absolute Gasteiger partial charge is 0.508 e. The van der Waals surface area contributed by atoms with Crippen molar-refractivity contribution >= 4 is 5.91 Å². The van der Waals surface area contributed by atoms with Gasteiger partial charge < -0.3 is 10.4 Å². The van der Waals surface area contributed by atoms with Gasteiger partial charge >= 0.3 is 0 Å². The molecule has 0 spiro atoms. The van der Waals surface area contributed by atoms with E-state index in [0.29, 0.717) is 17.5 Å². The second kappa shape index (κ2) is 4.56. The van der Waals surface area contributed by atoms with Gasteiger partial charge in [-0.1, -0.05) is 19.4 Å². The number of amides is 1. The zero-order valence-corrected chi connectivity index (χ0v) is 9.44. The molecule has 2 N–H and O–H groups in total. The fourth-order valence-electron chi connectivity index (χ4n) is 2.01. The van der Waals surface area contributed by atoms with Crippen LogP contribution in [0.4, 0.5) is 0 Å². The molecule has 1 amide bonds. The molecule has 0 aliphatic heterocycles. The molecule has 1 fully saturated rings. The minimum absolute atomic E-state index is 0.0838. The highest BCUT2D eigenvalue weighted by molar-refractivity contribution is 5.94. The van der Waals surface area contributed by atoms with E-state index in [1.807, 2.05) is 0 Å². The van der Waals surface area contributed by atoms with E-state index in [-0.39, 0.29) is 11.7 Å². The molecule has 1 saturated carbocycles. The summed E-state index contributed by atoms with van der Waals surface area (Å²) >= 11 is 0. The first kappa shape index (κ1) is 11.0. The Balaban J connectivity index is 1.90. The average molecular weight is 219 g/mol. The number of nitrogens with one attached hydrogen (secondary N) is 1. The summed E-state index contributed by atoms with van der Waals surface area (Å²) in [5, 5.41) is 12.3. The molecule has 0 heterocycles. The van der Waals surface area contributed by atoms with E-state index in [0.717, 1.165) is 6.42 Å². The standard InChI is InChI=1S/C13H17NO2/c1-2-4-9-8-12(9)14-13(16)10-5-3-6-11(15)7-10/h3,5-7,9,12,15H,2,4,8H2,1H3,(H,14,16). The maximum atomic E-state index is 11.8. The van der Waals surface area contributed by atoms with Crippen LogP contribution in [-0.2, 0) is 0 Å². The summed E-state index contributed by atoms with van der Waals surface area (Å²) in [4.78, 5) is 11.8. The minimum Gasteiger partial charge on any atom is -0.508 e. The molecular weight excluding hydrogens is 202 g/mol. The molecule has 3 nitrogen and oxygen atoms in total. The van der Waals surface area contributed by atoms with Crippen molar-refractivity contribution in [3.63, 3.8) is 0 Å². The van der Waals surface area contributed by atoms with Crippen molar-refractivity contribution in [1.29, 1.82) is 0 Å². The lowest BCUT2D eigenvalue weighted by Crippen LogP contribution is -2.26. The third-order valence-electron chi connectivity index (χ3n) is 3.01. The van der Waals surface area contributed by atoms with Crippen LogP contribution in [0.2, 0.25) is 0 Å². The van der Waals surface area contributed by atoms with Crippen molar-refractivity contribution in [3.05, 3.63) is 29.8 Å². The second-order valence-corrected chi connectivity index (χ2v) is 4.41. The van der Waals surface area contributed by atoms with Gasteiger partial charge in [0.25, 0.3) is 5.91 Å². The molecule has 0 radical (unpaired) electrons. The fourth-order valence-corrected chi connectivity index (χ4v) is 2.01. The number of rotatable bonds is 4. The van der Waals surface area contributed by atoms with E-state index in [2.05, 4.69) is 12.2 Å². The van der Waals surface area contributed by atoms with Gasteiger partial charge in [-0.25, -0.2) is 0 Å². The third kappa shape index (κ3) is 2.54. The number of carbonyl (C=O) groups excluding carboxylic acids is 1. The van der Waals surface area contributed by atoms with Gasteiger partial charge in [-0.05, 0) is 37.0 Å². The van der Waals surface area contributed by atoms with E-state index in [1.165, 1.54) is 18.9 Å². The van der Waals surface area contributed by atoms with E-state index in [9.17, 15) is 9.90 Å². The van der Waals surface area contributed by atoms with Crippen LogP contribution < -0.4 is 5.32 Å². The van der Waals surface area contributed by atoms with E-state index in [1.54, 1.807) is 18.2 Å². The van der Waals surface area contributed by atoms with Crippen molar-refractivity contribution in [3.8, 4) is 5.75 Å².